The number of aromatic nitrogens is 1. The Bertz CT molecular complexity index is 581. The SMILES string of the molecule is Cc1ccc(NC(C)c2ccncc2)c(C(N)=S)c1. The van der Waals surface area contributed by atoms with E-state index in [1.807, 2.05) is 37.3 Å². The normalized spacial score (nSPS) is 11.9. The molecule has 0 spiro atoms. The summed E-state index contributed by atoms with van der Waals surface area (Å²) >= 11 is 5.11. The van der Waals surface area contributed by atoms with Gasteiger partial charge in [-0.3, -0.25) is 4.98 Å². The molecule has 98 valence electrons. The van der Waals surface area contributed by atoms with Crippen LogP contribution in [0.1, 0.15) is 29.7 Å². The van der Waals surface area contributed by atoms with Crippen LogP contribution in [-0.2, 0) is 0 Å². The van der Waals surface area contributed by atoms with E-state index in [1.165, 1.54) is 5.56 Å². The summed E-state index contributed by atoms with van der Waals surface area (Å²) in [5.41, 5.74) is 9.94. The van der Waals surface area contributed by atoms with Gasteiger partial charge in [-0.25, -0.2) is 0 Å². The van der Waals surface area contributed by atoms with Crippen LogP contribution in [0.3, 0.4) is 0 Å². The van der Waals surface area contributed by atoms with Crippen LogP contribution >= 0.6 is 12.2 Å². The van der Waals surface area contributed by atoms with E-state index in [1.54, 1.807) is 12.4 Å². The van der Waals surface area contributed by atoms with Crippen LogP contribution < -0.4 is 11.1 Å². The zero-order valence-corrected chi connectivity index (χ0v) is 11.9. The van der Waals surface area contributed by atoms with Gasteiger partial charge in [0.25, 0.3) is 0 Å². The Morgan fingerprint density at radius 3 is 2.58 bits per heavy atom. The molecule has 1 aromatic heterocycles. The van der Waals surface area contributed by atoms with Gasteiger partial charge < -0.3 is 11.1 Å². The fraction of sp³-hybridized carbons (Fsp3) is 0.200. The molecule has 3 N–H and O–H groups in total. The predicted octanol–water partition coefficient (Wildman–Crippen LogP) is 3.20. The fourth-order valence-corrected chi connectivity index (χ4v) is 2.13. The maximum atomic E-state index is 5.78. The van der Waals surface area contributed by atoms with Gasteiger partial charge in [0.15, 0.2) is 0 Å². The van der Waals surface area contributed by atoms with Crippen molar-refractivity contribution in [1.29, 1.82) is 0 Å². The van der Waals surface area contributed by atoms with Crippen LogP contribution in [0.5, 0.6) is 0 Å². The second-order valence-electron chi connectivity index (χ2n) is 4.56. The molecule has 0 aliphatic rings. The molecule has 1 atom stereocenters. The third-order valence-corrected chi connectivity index (χ3v) is 3.24. The molecule has 0 aliphatic heterocycles. The van der Waals surface area contributed by atoms with Gasteiger partial charge in [-0.1, -0.05) is 23.8 Å². The van der Waals surface area contributed by atoms with Crippen LogP contribution in [0.25, 0.3) is 0 Å². The van der Waals surface area contributed by atoms with Gasteiger partial charge in [0.2, 0.25) is 0 Å². The third kappa shape index (κ3) is 3.29. The van der Waals surface area contributed by atoms with E-state index in [4.69, 9.17) is 18.0 Å². The molecule has 4 heteroatoms. The summed E-state index contributed by atoms with van der Waals surface area (Å²) in [6, 6.07) is 10.2. The van der Waals surface area contributed by atoms with E-state index in [0.29, 0.717) is 4.99 Å². The van der Waals surface area contributed by atoms with Crippen molar-refractivity contribution in [3.8, 4) is 0 Å². The number of nitrogens with two attached hydrogens (primary N) is 1. The number of anilines is 1. The lowest BCUT2D eigenvalue weighted by Crippen LogP contribution is -2.15. The molecule has 0 saturated carbocycles. The lowest BCUT2D eigenvalue weighted by molar-refractivity contribution is 0.880. The molecular weight excluding hydrogens is 254 g/mol. The first kappa shape index (κ1) is 13.5. The molecule has 2 aromatic rings. The highest BCUT2D eigenvalue weighted by molar-refractivity contribution is 7.80. The van der Waals surface area contributed by atoms with Crippen molar-refractivity contribution in [2.24, 2.45) is 5.73 Å². The number of aryl methyl sites for hydroxylation is 1. The number of pyridine rings is 1. The molecule has 0 saturated heterocycles. The van der Waals surface area contributed by atoms with Gasteiger partial charge in [0.1, 0.15) is 4.99 Å². The Labute approximate surface area is 118 Å². The van der Waals surface area contributed by atoms with Gasteiger partial charge >= 0.3 is 0 Å². The Morgan fingerprint density at radius 1 is 1.26 bits per heavy atom. The van der Waals surface area contributed by atoms with Gasteiger partial charge in [0, 0.05) is 29.7 Å². The maximum absolute atomic E-state index is 5.78. The minimum absolute atomic E-state index is 0.166. The fourth-order valence-electron chi connectivity index (χ4n) is 1.96. The zero-order chi connectivity index (χ0) is 13.8. The van der Waals surface area contributed by atoms with Crippen LogP contribution in [-0.4, -0.2) is 9.97 Å². The molecular formula is C15H17N3S. The highest BCUT2D eigenvalue weighted by Crippen LogP contribution is 2.23. The quantitative estimate of drug-likeness (QED) is 0.838. The van der Waals surface area contributed by atoms with Crippen molar-refractivity contribution in [2.75, 3.05) is 5.32 Å². The number of nitrogens with one attached hydrogen (secondary N) is 1. The van der Waals surface area contributed by atoms with Crippen molar-refractivity contribution in [3.05, 3.63) is 59.4 Å². The molecule has 0 bridgehead atoms. The number of benzene rings is 1. The Morgan fingerprint density at radius 2 is 1.95 bits per heavy atom. The average molecular weight is 271 g/mol. The van der Waals surface area contributed by atoms with Gasteiger partial charge in [-0.2, -0.15) is 0 Å². The van der Waals surface area contributed by atoms with E-state index in [9.17, 15) is 0 Å². The number of hydrogen-bond acceptors (Lipinski definition) is 3. The van der Waals surface area contributed by atoms with Crippen LogP contribution in [0.4, 0.5) is 5.69 Å². The van der Waals surface area contributed by atoms with E-state index in [0.717, 1.165) is 16.8 Å². The molecule has 0 fully saturated rings. The Kier molecular flexibility index (Phi) is 4.12. The first-order chi connectivity index (χ1) is 9.08. The standard InChI is InChI=1S/C15H17N3S/c1-10-3-4-14(13(9-10)15(16)19)18-11(2)12-5-7-17-8-6-12/h3-9,11,18H,1-2H3,(H2,16,19). The minimum atomic E-state index is 0.166. The molecule has 0 radical (unpaired) electrons. The molecule has 0 aliphatic carbocycles. The summed E-state index contributed by atoms with van der Waals surface area (Å²) in [7, 11) is 0. The summed E-state index contributed by atoms with van der Waals surface area (Å²) in [4.78, 5) is 4.43. The molecule has 1 unspecified atom stereocenters. The molecule has 2 rings (SSSR count). The minimum Gasteiger partial charge on any atom is -0.389 e. The lowest BCUT2D eigenvalue weighted by Gasteiger charge is -2.18. The highest BCUT2D eigenvalue weighted by atomic mass is 32.1. The predicted molar refractivity (Wildman–Crippen MR) is 83.3 cm³/mol. The van der Waals surface area contributed by atoms with Gasteiger partial charge in [-0.05, 0) is 43.7 Å². The van der Waals surface area contributed by atoms with Crippen molar-refractivity contribution in [1.82, 2.24) is 4.98 Å². The first-order valence-corrected chi connectivity index (χ1v) is 6.55. The summed E-state index contributed by atoms with van der Waals surface area (Å²) in [6.45, 7) is 4.12. The summed E-state index contributed by atoms with van der Waals surface area (Å²) < 4.78 is 0. The van der Waals surface area contributed by atoms with E-state index >= 15 is 0 Å². The van der Waals surface area contributed by atoms with Crippen molar-refractivity contribution >= 4 is 22.9 Å². The van der Waals surface area contributed by atoms with Gasteiger partial charge in [-0.15, -0.1) is 0 Å². The second kappa shape index (κ2) is 5.80. The van der Waals surface area contributed by atoms with Gasteiger partial charge in [0.05, 0.1) is 0 Å². The molecule has 3 nitrogen and oxygen atoms in total. The monoisotopic (exact) mass is 271 g/mol. The first-order valence-electron chi connectivity index (χ1n) is 6.15. The number of thiocarbonyl (C=S) groups is 1. The molecule has 1 aromatic carbocycles. The van der Waals surface area contributed by atoms with E-state index in [2.05, 4.69) is 17.2 Å². The average Bonchev–Trinajstić information content (AvgIpc) is 2.41. The highest BCUT2D eigenvalue weighted by Gasteiger charge is 2.10. The van der Waals surface area contributed by atoms with Crippen molar-refractivity contribution in [3.63, 3.8) is 0 Å². The zero-order valence-electron chi connectivity index (χ0n) is 11.1. The van der Waals surface area contributed by atoms with E-state index < -0.39 is 0 Å². The lowest BCUT2D eigenvalue weighted by atomic mass is 10.1. The summed E-state index contributed by atoms with van der Waals surface area (Å²) in [6.07, 6.45) is 3.58. The molecule has 0 amide bonds. The smallest absolute Gasteiger partial charge is 0.106 e. The van der Waals surface area contributed by atoms with Crippen LogP contribution in [0, 0.1) is 6.92 Å². The largest absolute Gasteiger partial charge is 0.389 e. The van der Waals surface area contributed by atoms with Crippen molar-refractivity contribution in [2.45, 2.75) is 19.9 Å². The Balaban J connectivity index is 2.26. The third-order valence-electron chi connectivity index (χ3n) is 3.02. The molecule has 19 heavy (non-hydrogen) atoms. The van der Waals surface area contributed by atoms with E-state index in [-0.39, 0.29) is 6.04 Å². The second-order valence-corrected chi connectivity index (χ2v) is 5.00. The number of rotatable bonds is 4. The van der Waals surface area contributed by atoms with Crippen LogP contribution in [0.15, 0.2) is 42.7 Å². The van der Waals surface area contributed by atoms with Crippen molar-refractivity contribution < 1.29 is 0 Å². The summed E-state index contributed by atoms with van der Waals surface area (Å²) in [5, 5.41) is 3.44. The number of hydrogen-bond donors (Lipinski definition) is 2. The summed E-state index contributed by atoms with van der Waals surface area (Å²) in [5.74, 6) is 0. The molecule has 1 heterocycles. The van der Waals surface area contributed by atoms with Crippen LogP contribution in [0.2, 0.25) is 0 Å². The number of nitrogens with zero attached hydrogens (tertiary/aromatic N) is 1. The Hall–Kier alpha value is -1.94. The maximum Gasteiger partial charge on any atom is 0.106 e. The topological polar surface area (TPSA) is 50.9 Å².